The van der Waals surface area contributed by atoms with Crippen LogP contribution < -0.4 is 5.32 Å². The van der Waals surface area contributed by atoms with Crippen LogP contribution in [0.2, 0.25) is 0 Å². The molecule has 150 valence electrons. The molecule has 1 saturated carbocycles. The Bertz CT molecular complexity index is 754. The van der Waals surface area contributed by atoms with Gasteiger partial charge in [0.2, 0.25) is 11.8 Å². The highest BCUT2D eigenvalue weighted by molar-refractivity contribution is 5.93. The molecule has 1 aromatic heterocycles. The maximum Gasteiger partial charge on any atom is 0.256 e. The van der Waals surface area contributed by atoms with Gasteiger partial charge in [-0.3, -0.25) is 14.4 Å². The van der Waals surface area contributed by atoms with Crippen LogP contribution in [0.4, 0.5) is 0 Å². The number of carbonyl (C=O) groups excluding carboxylic acids is 3. The molecule has 2 aliphatic heterocycles. The van der Waals surface area contributed by atoms with Crippen molar-refractivity contribution in [1.82, 2.24) is 25.1 Å². The van der Waals surface area contributed by atoms with Crippen LogP contribution in [0, 0.1) is 18.8 Å². The second kappa shape index (κ2) is 7.85. The molecule has 1 aromatic rings. The fraction of sp³-hybridized carbons (Fsp3) is 0.650. The number of hydrogen-bond acceptors (Lipinski definition) is 5. The largest absolute Gasteiger partial charge is 0.353 e. The average Bonchev–Trinajstić information content (AvgIpc) is 3.44. The Balaban J connectivity index is 1.25. The molecule has 28 heavy (non-hydrogen) atoms. The van der Waals surface area contributed by atoms with Crippen LogP contribution in [-0.4, -0.2) is 69.7 Å². The molecule has 8 nitrogen and oxygen atoms in total. The minimum atomic E-state index is -0.212. The first-order valence-corrected chi connectivity index (χ1v) is 10.2. The predicted octanol–water partition coefficient (Wildman–Crippen LogP) is 0.764. The number of amides is 3. The normalized spacial score (nSPS) is 23.2. The Morgan fingerprint density at radius 3 is 2.46 bits per heavy atom. The van der Waals surface area contributed by atoms with Crippen molar-refractivity contribution in [3.8, 4) is 0 Å². The highest BCUT2D eigenvalue weighted by atomic mass is 16.2. The SMILES string of the molecule is Cc1ncc(C(=O)N2CCC(CN3CC(C(=O)NC4CC4)CC3=O)CC2)cn1. The Labute approximate surface area is 164 Å². The number of rotatable bonds is 5. The first-order valence-electron chi connectivity index (χ1n) is 10.2. The zero-order chi connectivity index (χ0) is 19.7. The van der Waals surface area contributed by atoms with E-state index in [-0.39, 0.29) is 23.6 Å². The summed E-state index contributed by atoms with van der Waals surface area (Å²) in [5.41, 5.74) is 0.517. The standard InChI is InChI=1S/C20H27N5O3/c1-13-21-9-16(10-22-13)20(28)24-6-4-14(5-7-24)11-25-12-15(8-18(25)26)19(27)23-17-2-3-17/h9-10,14-15,17H,2-8,11-12H2,1H3,(H,23,27). The molecule has 3 fully saturated rings. The highest BCUT2D eigenvalue weighted by Crippen LogP contribution is 2.26. The number of nitrogens with zero attached hydrogens (tertiary/aromatic N) is 4. The zero-order valence-corrected chi connectivity index (χ0v) is 16.3. The van der Waals surface area contributed by atoms with Crippen molar-refractivity contribution >= 4 is 17.7 Å². The van der Waals surface area contributed by atoms with Crippen LogP contribution in [-0.2, 0) is 9.59 Å². The van der Waals surface area contributed by atoms with E-state index in [1.54, 1.807) is 19.3 Å². The number of piperidine rings is 1. The van der Waals surface area contributed by atoms with Gasteiger partial charge in [0.05, 0.1) is 11.5 Å². The van der Waals surface area contributed by atoms with Crippen molar-refractivity contribution in [2.75, 3.05) is 26.2 Å². The molecule has 1 unspecified atom stereocenters. The van der Waals surface area contributed by atoms with E-state index in [0.717, 1.165) is 25.7 Å². The molecule has 0 aromatic carbocycles. The van der Waals surface area contributed by atoms with Gasteiger partial charge in [-0.25, -0.2) is 9.97 Å². The lowest BCUT2D eigenvalue weighted by molar-refractivity contribution is -0.129. The third-order valence-electron chi connectivity index (χ3n) is 5.92. The van der Waals surface area contributed by atoms with Crippen molar-refractivity contribution in [2.24, 2.45) is 11.8 Å². The molecular weight excluding hydrogens is 358 g/mol. The Morgan fingerprint density at radius 2 is 1.82 bits per heavy atom. The van der Waals surface area contributed by atoms with Gasteiger partial charge in [0.25, 0.3) is 5.91 Å². The molecule has 8 heteroatoms. The quantitative estimate of drug-likeness (QED) is 0.808. The topological polar surface area (TPSA) is 95.5 Å². The monoisotopic (exact) mass is 385 g/mol. The summed E-state index contributed by atoms with van der Waals surface area (Å²) in [6, 6.07) is 0.331. The number of aryl methyl sites for hydroxylation is 1. The molecule has 1 atom stereocenters. The van der Waals surface area contributed by atoms with Gasteiger partial charge in [-0.2, -0.15) is 0 Å². The lowest BCUT2D eigenvalue weighted by Gasteiger charge is -2.34. The van der Waals surface area contributed by atoms with Crippen LogP contribution in [0.15, 0.2) is 12.4 Å². The maximum absolute atomic E-state index is 12.6. The van der Waals surface area contributed by atoms with E-state index >= 15 is 0 Å². The molecule has 3 aliphatic rings. The van der Waals surface area contributed by atoms with Crippen LogP contribution in [0.3, 0.4) is 0 Å². The number of nitrogens with one attached hydrogen (secondary N) is 1. The number of aromatic nitrogens is 2. The van der Waals surface area contributed by atoms with Crippen LogP contribution in [0.5, 0.6) is 0 Å². The van der Waals surface area contributed by atoms with E-state index in [4.69, 9.17) is 0 Å². The van der Waals surface area contributed by atoms with E-state index in [2.05, 4.69) is 15.3 Å². The van der Waals surface area contributed by atoms with Gasteiger partial charge >= 0.3 is 0 Å². The summed E-state index contributed by atoms with van der Waals surface area (Å²) in [4.78, 5) is 49.0. The van der Waals surface area contributed by atoms with Gasteiger partial charge in [-0.15, -0.1) is 0 Å². The molecule has 0 bridgehead atoms. The number of likely N-dealkylation sites (tertiary alicyclic amines) is 2. The van der Waals surface area contributed by atoms with E-state index in [9.17, 15) is 14.4 Å². The first-order chi connectivity index (χ1) is 13.5. The van der Waals surface area contributed by atoms with Crippen molar-refractivity contribution in [1.29, 1.82) is 0 Å². The number of carbonyl (C=O) groups is 3. The predicted molar refractivity (Wildman–Crippen MR) is 101 cm³/mol. The van der Waals surface area contributed by atoms with E-state index in [1.165, 1.54) is 0 Å². The Kier molecular flexibility index (Phi) is 5.28. The minimum Gasteiger partial charge on any atom is -0.353 e. The maximum atomic E-state index is 12.6. The van der Waals surface area contributed by atoms with Crippen LogP contribution >= 0.6 is 0 Å². The fourth-order valence-electron chi connectivity index (χ4n) is 3.99. The lowest BCUT2D eigenvalue weighted by Crippen LogP contribution is -2.42. The van der Waals surface area contributed by atoms with Crippen molar-refractivity contribution < 1.29 is 14.4 Å². The van der Waals surface area contributed by atoms with Crippen LogP contribution in [0.1, 0.15) is 48.3 Å². The summed E-state index contributed by atoms with van der Waals surface area (Å²) < 4.78 is 0. The fourth-order valence-corrected chi connectivity index (χ4v) is 3.99. The highest BCUT2D eigenvalue weighted by Gasteiger charge is 2.37. The molecule has 3 heterocycles. The Hall–Kier alpha value is -2.51. The summed E-state index contributed by atoms with van der Waals surface area (Å²) in [6.07, 6.45) is 7.31. The summed E-state index contributed by atoms with van der Waals surface area (Å²) in [5.74, 6) is 0.872. The first kappa shape index (κ1) is 18.8. The summed E-state index contributed by atoms with van der Waals surface area (Å²) in [5, 5.41) is 3.01. The zero-order valence-electron chi connectivity index (χ0n) is 16.3. The number of hydrogen-bond donors (Lipinski definition) is 1. The van der Waals surface area contributed by atoms with Gasteiger partial charge in [-0.05, 0) is 38.5 Å². The van der Waals surface area contributed by atoms with Crippen molar-refractivity contribution in [3.05, 3.63) is 23.8 Å². The molecule has 2 saturated heterocycles. The van der Waals surface area contributed by atoms with E-state index < -0.39 is 0 Å². The third-order valence-corrected chi connectivity index (χ3v) is 5.92. The molecule has 4 rings (SSSR count). The second-order valence-electron chi connectivity index (χ2n) is 8.24. The van der Waals surface area contributed by atoms with Gasteiger partial charge in [0.15, 0.2) is 0 Å². The van der Waals surface area contributed by atoms with Gasteiger partial charge in [0.1, 0.15) is 5.82 Å². The summed E-state index contributed by atoms with van der Waals surface area (Å²) >= 11 is 0. The average molecular weight is 385 g/mol. The van der Waals surface area contributed by atoms with E-state index in [0.29, 0.717) is 55.9 Å². The molecule has 0 radical (unpaired) electrons. The molecular formula is C20H27N5O3. The summed E-state index contributed by atoms with van der Waals surface area (Å²) in [6.45, 7) is 4.34. The smallest absolute Gasteiger partial charge is 0.256 e. The molecule has 0 spiro atoms. The van der Waals surface area contributed by atoms with Gasteiger partial charge < -0.3 is 15.1 Å². The third kappa shape index (κ3) is 4.31. The second-order valence-corrected chi connectivity index (χ2v) is 8.24. The van der Waals surface area contributed by atoms with Crippen LogP contribution in [0.25, 0.3) is 0 Å². The molecule has 1 aliphatic carbocycles. The summed E-state index contributed by atoms with van der Waals surface area (Å²) in [7, 11) is 0. The van der Waals surface area contributed by atoms with Gasteiger partial charge in [-0.1, -0.05) is 0 Å². The van der Waals surface area contributed by atoms with E-state index in [1.807, 2.05) is 9.80 Å². The molecule has 1 N–H and O–H groups in total. The molecule has 3 amide bonds. The van der Waals surface area contributed by atoms with Crippen molar-refractivity contribution in [2.45, 2.75) is 45.1 Å². The van der Waals surface area contributed by atoms with Crippen molar-refractivity contribution in [3.63, 3.8) is 0 Å². The lowest BCUT2D eigenvalue weighted by atomic mass is 9.96. The minimum absolute atomic E-state index is 0.0269. The Morgan fingerprint density at radius 1 is 1.14 bits per heavy atom. The van der Waals surface area contributed by atoms with Gasteiger partial charge in [0, 0.05) is 51.0 Å².